The van der Waals surface area contributed by atoms with E-state index in [-0.39, 0.29) is 17.9 Å². The van der Waals surface area contributed by atoms with Gasteiger partial charge in [-0.25, -0.2) is 5.84 Å². The second kappa shape index (κ2) is 8.90. The Morgan fingerprint density at radius 1 is 1.19 bits per heavy atom. The first-order valence-corrected chi connectivity index (χ1v) is 7.01. The van der Waals surface area contributed by atoms with Gasteiger partial charge in [-0.05, 0) is 20.8 Å². The molecule has 0 bridgehead atoms. The SMILES string of the molecule is CCOc1nc(NN)nc(NCCC(=O)N(CC)CC)n1. The maximum absolute atomic E-state index is 11.9. The van der Waals surface area contributed by atoms with E-state index >= 15 is 0 Å². The van der Waals surface area contributed by atoms with E-state index in [9.17, 15) is 4.79 Å². The number of aromatic nitrogens is 3. The molecule has 9 heteroatoms. The number of hydrogen-bond donors (Lipinski definition) is 3. The first-order chi connectivity index (χ1) is 10.1. The molecule has 0 aliphatic heterocycles. The summed E-state index contributed by atoms with van der Waals surface area (Å²) in [5.41, 5.74) is 2.34. The van der Waals surface area contributed by atoms with Crippen LogP contribution in [0.5, 0.6) is 6.01 Å². The highest BCUT2D eigenvalue weighted by Crippen LogP contribution is 2.10. The number of hydrazine groups is 1. The normalized spacial score (nSPS) is 10.1. The fraction of sp³-hybridized carbons (Fsp3) is 0.667. The number of carbonyl (C=O) groups is 1. The summed E-state index contributed by atoms with van der Waals surface area (Å²) in [5, 5.41) is 2.97. The molecule has 0 fully saturated rings. The minimum Gasteiger partial charge on any atom is -0.464 e. The van der Waals surface area contributed by atoms with E-state index < -0.39 is 0 Å². The van der Waals surface area contributed by atoms with Gasteiger partial charge in [0.15, 0.2) is 0 Å². The van der Waals surface area contributed by atoms with Gasteiger partial charge in [0.05, 0.1) is 6.61 Å². The maximum atomic E-state index is 11.9. The zero-order chi connectivity index (χ0) is 15.7. The number of nitrogen functional groups attached to an aromatic ring is 1. The zero-order valence-corrected chi connectivity index (χ0v) is 12.7. The van der Waals surface area contributed by atoms with Crippen LogP contribution in [0, 0.1) is 0 Å². The Hall–Kier alpha value is -2.16. The number of hydrogen-bond acceptors (Lipinski definition) is 8. The monoisotopic (exact) mass is 297 g/mol. The highest BCUT2D eigenvalue weighted by atomic mass is 16.5. The van der Waals surface area contributed by atoms with E-state index in [4.69, 9.17) is 10.6 Å². The zero-order valence-electron chi connectivity index (χ0n) is 12.7. The Balaban J connectivity index is 2.58. The van der Waals surface area contributed by atoms with Crippen molar-refractivity contribution in [2.45, 2.75) is 27.2 Å². The summed E-state index contributed by atoms with van der Waals surface area (Å²) < 4.78 is 5.22. The van der Waals surface area contributed by atoms with Crippen LogP contribution >= 0.6 is 0 Å². The molecule has 0 unspecified atom stereocenters. The summed E-state index contributed by atoms with van der Waals surface area (Å²) in [7, 11) is 0. The molecular formula is C12H23N7O2. The van der Waals surface area contributed by atoms with Crippen molar-refractivity contribution in [2.75, 3.05) is 37.0 Å². The quantitative estimate of drug-likeness (QED) is 0.438. The van der Waals surface area contributed by atoms with E-state index in [2.05, 4.69) is 25.7 Å². The molecule has 0 aliphatic rings. The molecule has 1 rings (SSSR count). The Labute approximate surface area is 124 Å². The molecular weight excluding hydrogens is 274 g/mol. The van der Waals surface area contributed by atoms with Gasteiger partial charge in [0, 0.05) is 26.1 Å². The number of nitrogens with one attached hydrogen (secondary N) is 2. The van der Waals surface area contributed by atoms with Crippen molar-refractivity contribution >= 4 is 17.8 Å². The molecule has 0 aromatic carbocycles. The average Bonchev–Trinajstić information content (AvgIpc) is 2.48. The Kier molecular flexibility index (Phi) is 7.16. The maximum Gasteiger partial charge on any atom is 0.323 e. The summed E-state index contributed by atoms with van der Waals surface area (Å²) >= 11 is 0. The predicted octanol–water partition coefficient (Wildman–Crippen LogP) is 0.226. The number of carbonyl (C=O) groups excluding carboxylic acids is 1. The van der Waals surface area contributed by atoms with Crippen LogP contribution in [0.1, 0.15) is 27.2 Å². The predicted molar refractivity (Wildman–Crippen MR) is 79.8 cm³/mol. The van der Waals surface area contributed by atoms with Crippen molar-refractivity contribution in [2.24, 2.45) is 5.84 Å². The molecule has 0 aliphatic carbocycles. The fourth-order valence-electron chi connectivity index (χ4n) is 1.71. The van der Waals surface area contributed by atoms with Gasteiger partial charge in [-0.2, -0.15) is 15.0 Å². The van der Waals surface area contributed by atoms with Crippen LogP contribution in [0.15, 0.2) is 0 Å². The number of ether oxygens (including phenoxy) is 1. The fourth-order valence-corrected chi connectivity index (χ4v) is 1.71. The third-order valence-electron chi connectivity index (χ3n) is 2.76. The van der Waals surface area contributed by atoms with E-state index in [1.165, 1.54) is 0 Å². The van der Waals surface area contributed by atoms with Crippen LogP contribution in [0.3, 0.4) is 0 Å². The lowest BCUT2D eigenvalue weighted by Gasteiger charge is -2.18. The van der Waals surface area contributed by atoms with Crippen LogP contribution in [0.25, 0.3) is 0 Å². The Morgan fingerprint density at radius 3 is 2.43 bits per heavy atom. The highest BCUT2D eigenvalue weighted by molar-refractivity contribution is 5.76. The van der Waals surface area contributed by atoms with Crippen molar-refractivity contribution in [3.63, 3.8) is 0 Å². The lowest BCUT2D eigenvalue weighted by atomic mass is 10.3. The molecule has 0 saturated carbocycles. The minimum absolute atomic E-state index is 0.0868. The van der Waals surface area contributed by atoms with E-state index in [1.807, 2.05) is 20.8 Å². The largest absolute Gasteiger partial charge is 0.464 e. The molecule has 1 aromatic rings. The highest BCUT2D eigenvalue weighted by Gasteiger charge is 2.10. The standard InChI is InChI=1S/C12H23N7O2/c1-4-19(5-2)9(20)7-8-14-10-15-11(18-13)17-12(16-10)21-6-3/h4-8,13H2,1-3H3,(H2,14,15,16,17,18). The topological polar surface area (TPSA) is 118 Å². The van der Waals surface area contributed by atoms with Crippen molar-refractivity contribution in [3.05, 3.63) is 0 Å². The molecule has 0 saturated heterocycles. The summed E-state index contributed by atoms with van der Waals surface area (Å²) in [6, 6.07) is 0.179. The van der Waals surface area contributed by atoms with Crippen LogP contribution in [0.4, 0.5) is 11.9 Å². The molecule has 21 heavy (non-hydrogen) atoms. The number of anilines is 2. The first-order valence-electron chi connectivity index (χ1n) is 7.01. The van der Waals surface area contributed by atoms with Crippen LogP contribution in [-0.4, -0.2) is 52.0 Å². The van der Waals surface area contributed by atoms with Gasteiger partial charge in [-0.15, -0.1) is 0 Å². The van der Waals surface area contributed by atoms with Crippen molar-refractivity contribution in [1.82, 2.24) is 19.9 Å². The molecule has 9 nitrogen and oxygen atoms in total. The number of nitrogens with two attached hydrogens (primary N) is 1. The number of rotatable bonds is 9. The van der Waals surface area contributed by atoms with Gasteiger partial charge in [-0.1, -0.05) is 0 Å². The molecule has 0 radical (unpaired) electrons. The third kappa shape index (κ3) is 5.38. The van der Waals surface area contributed by atoms with Crippen molar-refractivity contribution in [3.8, 4) is 6.01 Å². The number of amides is 1. The average molecular weight is 297 g/mol. The lowest BCUT2D eigenvalue weighted by molar-refractivity contribution is -0.130. The van der Waals surface area contributed by atoms with Gasteiger partial charge in [0.2, 0.25) is 17.8 Å². The van der Waals surface area contributed by atoms with Gasteiger partial charge < -0.3 is 15.0 Å². The van der Waals surface area contributed by atoms with E-state index in [0.717, 1.165) is 0 Å². The summed E-state index contributed by atoms with van der Waals surface area (Å²) in [6.07, 6.45) is 0.364. The summed E-state index contributed by atoms with van der Waals surface area (Å²) in [4.78, 5) is 25.7. The molecule has 0 spiro atoms. The number of nitrogens with zero attached hydrogens (tertiary/aromatic N) is 4. The molecule has 1 aromatic heterocycles. The Morgan fingerprint density at radius 2 is 1.86 bits per heavy atom. The molecule has 118 valence electrons. The van der Waals surface area contributed by atoms with E-state index in [0.29, 0.717) is 38.6 Å². The smallest absolute Gasteiger partial charge is 0.323 e. The Bertz CT molecular complexity index is 451. The molecule has 1 heterocycles. The van der Waals surface area contributed by atoms with Crippen LogP contribution in [0.2, 0.25) is 0 Å². The first kappa shape index (κ1) is 16.9. The summed E-state index contributed by atoms with van der Waals surface area (Å²) in [6.45, 7) is 8.01. The molecule has 0 atom stereocenters. The second-order valence-corrected chi connectivity index (χ2v) is 4.09. The molecule has 1 amide bonds. The molecule has 4 N–H and O–H groups in total. The van der Waals surface area contributed by atoms with Crippen LogP contribution in [-0.2, 0) is 4.79 Å². The minimum atomic E-state index is 0.0868. The second-order valence-electron chi connectivity index (χ2n) is 4.09. The van der Waals surface area contributed by atoms with Gasteiger partial charge >= 0.3 is 6.01 Å². The van der Waals surface area contributed by atoms with Gasteiger partial charge in [-0.3, -0.25) is 10.2 Å². The van der Waals surface area contributed by atoms with Crippen LogP contribution < -0.4 is 21.3 Å². The van der Waals surface area contributed by atoms with Crippen molar-refractivity contribution < 1.29 is 9.53 Å². The van der Waals surface area contributed by atoms with Gasteiger partial charge in [0.1, 0.15) is 0 Å². The van der Waals surface area contributed by atoms with Gasteiger partial charge in [0.25, 0.3) is 0 Å². The van der Waals surface area contributed by atoms with Crippen molar-refractivity contribution in [1.29, 1.82) is 0 Å². The van der Waals surface area contributed by atoms with E-state index in [1.54, 1.807) is 4.90 Å². The third-order valence-corrected chi connectivity index (χ3v) is 2.76. The summed E-state index contributed by atoms with van der Waals surface area (Å²) in [5.74, 6) is 5.89. The lowest BCUT2D eigenvalue weighted by Crippen LogP contribution is -2.31.